The topological polar surface area (TPSA) is 60.0 Å². The number of benzene rings is 1. The summed E-state index contributed by atoms with van der Waals surface area (Å²) < 4.78 is 92.2. The maximum Gasteiger partial charge on any atom is 0.522 e. The third kappa shape index (κ3) is 8.79. The second kappa shape index (κ2) is 11.3. The summed E-state index contributed by atoms with van der Waals surface area (Å²) in [6, 6.07) is 3.60. The number of likely N-dealkylation sites (tertiary alicyclic amines) is 1. The predicted molar refractivity (Wildman–Crippen MR) is 109 cm³/mol. The summed E-state index contributed by atoms with van der Waals surface area (Å²) in [6.07, 6.45) is -5.70. The number of ether oxygens (including phenoxy) is 3. The Hall–Kier alpha value is -1.76. The van der Waals surface area contributed by atoms with Crippen molar-refractivity contribution in [3.63, 3.8) is 0 Å². The summed E-state index contributed by atoms with van der Waals surface area (Å²) in [5.41, 5.74) is 0. The molecule has 2 fully saturated rings. The maximum absolute atomic E-state index is 14.2. The summed E-state index contributed by atoms with van der Waals surface area (Å²) in [5, 5.41) is 2.70. The molecule has 1 N–H and O–H groups in total. The molecule has 0 unspecified atom stereocenters. The number of amides is 1. The largest absolute Gasteiger partial charge is 0.522 e. The minimum Gasteiger partial charge on any atom is -0.484 e. The number of carbonyl (C=O) groups is 1. The Morgan fingerprint density at radius 2 is 1.79 bits per heavy atom. The van der Waals surface area contributed by atoms with Crippen LogP contribution in [0.2, 0.25) is 5.02 Å². The molecule has 1 amide bonds. The van der Waals surface area contributed by atoms with E-state index in [1.807, 2.05) is 0 Å². The van der Waals surface area contributed by atoms with Crippen LogP contribution in [0.5, 0.6) is 5.75 Å². The Morgan fingerprint density at radius 3 is 2.41 bits per heavy atom. The molecule has 0 atom stereocenters. The smallest absolute Gasteiger partial charge is 0.484 e. The van der Waals surface area contributed by atoms with E-state index in [4.69, 9.17) is 21.1 Å². The van der Waals surface area contributed by atoms with E-state index in [9.17, 15) is 31.1 Å². The molecule has 1 aromatic carbocycles. The number of piperidine rings is 1. The number of halogens is 7. The molecule has 0 bridgehead atoms. The molecule has 0 aromatic heterocycles. The molecule has 34 heavy (non-hydrogen) atoms. The average molecular weight is 519 g/mol. The van der Waals surface area contributed by atoms with Gasteiger partial charge in [0.15, 0.2) is 6.61 Å². The lowest BCUT2D eigenvalue weighted by molar-refractivity contribution is -0.358. The fraction of sp³-hybridized carbons (Fsp3) is 0.667. The summed E-state index contributed by atoms with van der Waals surface area (Å²) in [6.45, 7) is -1.10. The van der Waals surface area contributed by atoms with Crippen LogP contribution in [0.4, 0.5) is 26.3 Å². The molecule has 3 rings (SSSR count). The van der Waals surface area contributed by atoms with Crippen LogP contribution in [-0.4, -0.2) is 74.2 Å². The second-order valence-electron chi connectivity index (χ2n) is 8.43. The summed E-state index contributed by atoms with van der Waals surface area (Å²) in [4.78, 5) is 13.6. The maximum atomic E-state index is 14.2. The molecule has 2 aliphatic rings. The van der Waals surface area contributed by atoms with Crippen LogP contribution >= 0.6 is 11.6 Å². The van der Waals surface area contributed by atoms with Crippen molar-refractivity contribution in [3.8, 4) is 5.75 Å². The molecule has 192 valence electrons. The van der Waals surface area contributed by atoms with Gasteiger partial charge in [0.25, 0.3) is 11.8 Å². The number of rotatable bonds is 10. The van der Waals surface area contributed by atoms with Crippen LogP contribution in [0.25, 0.3) is 0 Å². The minimum absolute atomic E-state index is 0.0621. The highest BCUT2D eigenvalue weighted by Crippen LogP contribution is 2.33. The molecule has 0 spiro atoms. The molecule has 1 aromatic rings. The fourth-order valence-electron chi connectivity index (χ4n) is 3.77. The molecule has 13 heteroatoms. The van der Waals surface area contributed by atoms with Gasteiger partial charge in [-0.05, 0) is 25.0 Å². The zero-order valence-corrected chi connectivity index (χ0v) is 18.8. The van der Waals surface area contributed by atoms with Crippen molar-refractivity contribution in [3.05, 3.63) is 29.0 Å². The first-order valence-electron chi connectivity index (χ1n) is 10.7. The highest BCUT2D eigenvalue weighted by molar-refractivity contribution is 6.30. The van der Waals surface area contributed by atoms with E-state index in [1.54, 1.807) is 4.90 Å². The summed E-state index contributed by atoms with van der Waals surface area (Å²) >= 11 is 5.58. The first-order chi connectivity index (χ1) is 15.9. The van der Waals surface area contributed by atoms with Crippen molar-refractivity contribution < 1.29 is 45.3 Å². The normalized spacial score (nSPS) is 22.3. The molecular formula is C21H25ClF6N2O4. The zero-order chi connectivity index (χ0) is 24.9. The van der Waals surface area contributed by atoms with Gasteiger partial charge in [-0.1, -0.05) is 11.6 Å². The number of hydrogen-bond acceptors (Lipinski definition) is 5. The third-order valence-electron chi connectivity index (χ3n) is 5.55. The quantitative estimate of drug-likeness (QED) is 0.472. The number of nitrogens with zero attached hydrogens (tertiary/aromatic N) is 1. The van der Waals surface area contributed by atoms with Crippen LogP contribution in [0, 0.1) is 5.82 Å². The Bertz CT molecular complexity index is 830. The Labute approximate surface area is 197 Å². The standard InChI is InChI=1S/C21H25ClF6N2O4/c22-17-2-1-14(9-18(17)23)32-10-19(31)29-13-3-5-30(6-4-13)11-20(24,25)12-33-15-7-16(8-15)34-21(26,27)28/h1-2,9,13,15-16H,3-8,10-12H2,(H,29,31). The first-order valence-corrected chi connectivity index (χ1v) is 11.1. The number of alkyl halides is 5. The summed E-state index contributed by atoms with van der Waals surface area (Å²) in [5.74, 6) is -4.09. The molecule has 6 nitrogen and oxygen atoms in total. The predicted octanol–water partition coefficient (Wildman–Crippen LogP) is 4.16. The third-order valence-corrected chi connectivity index (χ3v) is 5.86. The Kier molecular flexibility index (Phi) is 8.93. The SMILES string of the molecule is O=C(COc1ccc(Cl)c(F)c1)NC1CCN(CC(F)(F)COC2CC(OC(F)(F)F)C2)CC1. The molecule has 1 saturated heterocycles. The van der Waals surface area contributed by atoms with E-state index < -0.39 is 49.4 Å². The first kappa shape index (κ1) is 26.8. The number of nitrogens with one attached hydrogen (secondary N) is 1. The Morgan fingerprint density at radius 1 is 1.12 bits per heavy atom. The van der Waals surface area contributed by atoms with Crippen molar-refractivity contribution in [2.45, 2.75) is 56.2 Å². The fourth-order valence-corrected chi connectivity index (χ4v) is 3.89. The second-order valence-corrected chi connectivity index (χ2v) is 8.84. The van der Waals surface area contributed by atoms with Gasteiger partial charge in [0, 0.05) is 38.0 Å². The van der Waals surface area contributed by atoms with Crippen LogP contribution < -0.4 is 10.1 Å². The minimum atomic E-state index is -4.74. The highest BCUT2D eigenvalue weighted by Gasteiger charge is 2.42. The molecule has 1 aliphatic carbocycles. The van der Waals surface area contributed by atoms with Crippen molar-refractivity contribution in [2.24, 2.45) is 0 Å². The molecule has 1 heterocycles. The van der Waals surface area contributed by atoms with Gasteiger partial charge in [-0.2, -0.15) is 0 Å². The molecule has 1 saturated carbocycles. The molecular weight excluding hydrogens is 494 g/mol. The lowest BCUT2D eigenvalue weighted by Crippen LogP contribution is -2.50. The lowest BCUT2D eigenvalue weighted by atomic mass is 9.92. The van der Waals surface area contributed by atoms with Gasteiger partial charge in [0.05, 0.1) is 23.8 Å². The van der Waals surface area contributed by atoms with Gasteiger partial charge in [-0.25, -0.2) is 13.2 Å². The average Bonchev–Trinajstić information content (AvgIpc) is 2.71. The van der Waals surface area contributed by atoms with E-state index in [1.165, 1.54) is 12.1 Å². The number of carbonyl (C=O) groups excluding carboxylic acids is 1. The van der Waals surface area contributed by atoms with Crippen molar-refractivity contribution in [1.82, 2.24) is 10.2 Å². The van der Waals surface area contributed by atoms with Crippen molar-refractivity contribution in [1.29, 1.82) is 0 Å². The van der Waals surface area contributed by atoms with Gasteiger partial charge < -0.3 is 14.8 Å². The van der Waals surface area contributed by atoms with Crippen LogP contribution in [-0.2, 0) is 14.3 Å². The van der Waals surface area contributed by atoms with Crippen LogP contribution in [0.3, 0.4) is 0 Å². The molecule has 0 radical (unpaired) electrons. The van der Waals surface area contributed by atoms with Crippen molar-refractivity contribution in [2.75, 3.05) is 32.8 Å². The van der Waals surface area contributed by atoms with Gasteiger partial charge in [-0.3, -0.25) is 14.4 Å². The summed E-state index contributed by atoms with van der Waals surface area (Å²) in [7, 11) is 0. The van der Waals surface area contributed by atoms with Crippen LogP contribution in [0.15, 0.2) is 18.2 Å². The van der Waals surface area contributed by atoms with Crippen molar-refractivity contribution >= 4 is 17.5 Å². The van der Waals surface area contributed by atoms with E-state index in [0.717, 1.165) is 6.07 Å². The van der Waals surface area contributed by atoms with E-state index in [0.29, 0.717) is 25.9 Å². The lowest BCUT2D eigenvalue weighted by Gasteiger charge is -2.37. The number of hydrogen-bond donors (Lipinski definition) is 1. The van der Waals surface area contributed by atoms with Gasteiger partial charge in [0.1, 0.15) is 18.2 Å². The van der Waals surface area contributed by atoms with Crippen LogP contribution in [0.1, 0.15) is 25.7 Å². The van der Waals surface area contributed by atoms with E-state index >= 15 is 0 Å². The van der Waals surface area contributed by atoms with Gasteiger partial charge in [0.2, 0.25) is 0 Å². The van der Waals surface area contributed by atoms with E-state index in [-0.39, 0.29) is 36.3 Å². The Balaban J connectivity index is 1.29. The molecule has 1 aliphatic heterocycles. The van der Waals surface area contributed by atoms with E-state index in [2.05, 4.69) is 10.1 Å². The monoisotopic (exact) mass is 518 g/mol. The highest BCUT2D eigenvalue weighted by atomic mass is 35.5. The van der Waals surface area contributed by atoms with Gasteiger partial charge in [-0.15, -0.1) is 13.2 Å². The van der Waals surface area contributed by atoms with Gasteiger partial charge >= 0.3 is 6.36 Å². The zero-order valence-electron chi connectivity index (χ0n) is 18.1.